The summed E-state index contributed by atoms with van der Waals surface area (Å²) in [6.07, 6.45) is 6.94. The third kappa shape index (κ3) is 5.96. The molecular weight excluding hydrogens is 518 g/mol. The van der Waals surface area contributed by atoms with Gasteiger partial charge in [-0.05, 0) is 60.0 Å². The Balaban J connectivity index is 1.78. The standard InChI is InChI=1S/C26H26BrNO5S/c1-6-10-33-24-18(13-19(27)15-22(24)31-5)14-23-25(29)28(26(30)34-23)9-11-32-21-12-17(4)7-8-20(21)16(2)3/h1,7-8,12-16H,9-11H2,2-5H3/b23-14-. The molecule has 8 heteroatoms. The second-order valence-corrected chi connectivity index (χ2v) is 9.81. The van der Waals surface area contributed by atoms with Crippen LogP contribution in [-0.2, 0) is 4.79 Å². The quantitative estimate of drug-likeness (QED) is 0.284. The first-order valence-electron chi connectivity index (χ1n) is 10.7. The summed E-state index contributed by atoms with van der Waals surface area (Å²) in [6.45, 7) is 6.58. The van der Waals surface area contributed by atoms with Gasteiger partial charge in [0.1, 0.15) is 19.0 Å². The summed E-state index contributed by atoms with van der Waals surface area (Å²) >= 11 is 4.31. The zero-order valence-corrected chi connectivity index (χ0v) is 21.9. The van der Waals surface area contributed by atoms with E-state index in [-0.39, 0.29) is 35.8 Å². The lowest BCUT2D eigenvalue weighted by atomic mass is 10.0. The second-order valence-electron chi connectivity index (χ2n) is 7.90. The molecule has 1 heterocycles. The maximum atomic E-state index is 13.0. The molecular formula is C26H26BrNO5S. The Bertz CT molecular complexity index is 1170. The monoisotopic (exact) mass is 543 g/mol. The number of methoxy groups -OCH3 is 1. The zero-order valence-electron chi connectivity index (χ0n) is 19.5. The van der Waals surface area contributed by atoms with Crippen molar-refractivity contribution in [1.29, 1.82) is 0 Å². The van der Waals surface area contributed by atoms with Crippen LogP contribution in [0.4, 0.5) is 4.79 Å². The predicted octanol–water partition coefficient (Wildman–Crippen LogP) is 6.02. The van der Waals surface area contributed by atoms with Crippen LogP contribution in [-0.4, -0.2) is 42.9 Å². The van der Waals surface area contributed by atoms with Crippen molar-refractivity contribution in [1.82, 2.24) is 4.90 Å². The van der Waals surface area contributed by atoms with Gasteiger partial charge >= 0.3 is 0 Å². The molecule has 6 nitrogen and oxygen atoms in total. The minimum absolute atomic E-state index is 0.0367. The van der Waals surface area contributed by atoms with E-state index in [0.717, 1.165) is 33.1 Å². The highest BCUT2D eigenvalue weighted by Crippen LogP contribution is 2.39. The van der Waals surface area contributed by atoms with Crippen molar-refractivity contribution >= 4 is 44.9 Å². The van der Waals surface area contributed by atoms with Crippen LogP contribution in [0, 0.1) is 19.3 Å². The number of hydrogen-bond acceptors (Lipinski definition) is 6. The molecule has 1 aliphatic rings. The maximum absolute atomic E-state index is 13.0. The van der Waals surface area contributed by atoms with E-state index in [1.807, 2.05) is 25.1 Å². The van der Waals surface area contributed by atoms with Crippen molar-refractivity contribution in [3.63, 3.8) is 0 Å². The molecule has 0 atom stereocenters. The number of amides is 2. The van der Waals surface area contributed by atoms with E-state index in [2.05, 4.69) is 35.7 Å². The summed E-state index contributed by atoms with van der Waals surface area (Å²) in [5.74, 6) is 3.97. The highest BCUT2D eigenvalue weighted by molar-refractivity contribution is 9.10. The van der Waals surface area contributed by atoms with Gasteiger partial charge in [0, 0.05) is 10.0 Å². The molecule has 1 aliphatic heterocycles. The topological polar surface area (TPSA) is 65.1 Å². The van der Waals surface area contributed by atoms with E-state index in [1.165, 1.54) is 12.0 Å². The van der Waals surface area contributed by atoms with E-state index < -0.39 is 0 Å². The van der Waals surface area contributed by atoms with Crippen LogP contribution >= 0.6 is 27.7 Å². The van der Waals surface area contributed by atoms with E-state index in [1.54, 1.807) is 18.2 Å². The molecule has 0 saturated carbocycles. The number of terminal acetylenes is 1. The maximum Gasteiger partial charge on any atom is 0.293 e. The first kappa shape index (κ1) is 25.7. The fourth-order valence-electron chi connectivity index (χ4n) is 3.44. The fourth-order valence-corrected chi connectivity index (χ4v) is 4.75. The molecule has 0 aromatic heterocycles. The molecule has 0 unspecified atom stereocenters. The van der Waals surface area contributed by atoms with E-state index in [9.17, 15) is 9.59 Å². The Hall–Kier alpha value is -2.89. The molecule has 0 spiro atoms. The molecule has 0 N–H and O–H groups in total. The summed E-state index contributed by atoms with van der Waals surface area (Å²) in [7, 11) is 1.51. The first-order valence-corrected chi connectivity index (χ1v) is 12.3. The Morgan fingerprint density at radius 1 is 1.18 bits per heavy atom. The summed E-state index contributed by atoms with van der Waals surface area (Å²) in [5, 5.41) is -0.346. The van der Waals surface area contributed by atoms with Gasteiger partial charge in [-0.2, -0.15) is 0 Å². The number of rotatable bonds is 9. The molecule has 1 fully saturated rings. The number of benzene rings is 2. The van der Waals surface area contributed by atoms with Gasteiger partial charge in [-0.3, -0.25) is 14.5 Å². The molecule has 0 bridgehead atoms. The minimum atomic E-state index is -0.381. The van der Waals surface area contributed by atoms with Crippen molar-refractivity contribution in [2.24, 2.45) is 0 Å². The fraction of sp³-hybridized carbons (Fsp3) is 0.308. The number of ether oxygens (including phenoxy) is 3. The molecule has 2 amide bonds. The molecule has 34 heavy (non-hydrogen) atoms. The lowest BCUT2D eigenvalue weighted by molar-refractivity contribution is -0.123. The van der Waals surface area contributed by atoms with Crippen molar-refractivity contribution in [3.05, 3.63) is 56.4 Å². The average molecular weight is 544 g/mol. The summed E-state index contributed by atoms with van der Waals surface area (Å²) in [6, 6.07) is 9.58. The number of carbonyl (C=O) groups excluding carboxylic acids is 2. The average Bonchev–Trinajstić information content (AvgIpc) is 3.05. The van der Waals surface area contributed by atoms with Crippen LogP contribution in [0.5, 0.6) is 17.2 Å². The number of nitrogens with zero attached hydrogens (tertiary/aromatic N) is 1. The van der Waals surface area contributed by atoms with Gasteiger partial charge in [-0.1, -0.05) is 47.8 Å². The van der Waals surface area contributed by atoms with Gasteiger partial charge in [0.2, 0.25) is 0 Å². The molecule has 178 valence electrons. The number of thioether (sulfide) groups is 1. The number of aryl methyl sites for hydroxylation is 1. The summed E-state index contributed by atoms with van der Waals surface area (Å²) in [4.78, 5) is 27.1. The van der Waals surface area contributed by atoms with Crippen molar-refractivity contribution in [2.75, 3.05) is 26.9 Å². The van der Waals surface area contributed by atoms with Gasteiger partial charge in [0.25, 0.3) is 11.1 Å². The second kappa shape index (κ2) is 11.5. The Morgan fingerprint density at radius 2 is 1.94 bits per heavy atom. The van der Waals surface area contributed by atoms with Crippen LogP contribution in [0.15, 0.2) is 39.7 Å². The van der Waals surface area contributed by atoms with Crippen LogP contribution in [0.2, 0.25) is 0 Å². The lowest BCUT2D eigenvalue weighted by Gasteiger charge is -2.17. The van der Waals surface area contributed by atoms with E-state index >= 15 is 0 Å². The molecule has 2 aromatic carbocycles. The largest absolute Gasteiger partial charge is 0.493 e. The smallest absolute Gasteiger partial charge is 0.293 e. The Kier molecular flexibility index (Phi) is 8.70. The number of imide groups is 1. The highest BCUT2D eigenvalue weighted by atomic mass is 79.9. The third-order valence-electron chi connectivity index (χ3n) is 5.09. The van der Waals surface area contributed by atoms with Crippen molar-refractivity contribution in [2.45, 2.75) is 26.7 Å². The van der Waals surface area contributed by atoms with Gasteiger partial charge in [0.15, 0.2) is 11.5 Å². The van der Waals surface area contributed by atoms with Crippen molar-refractivity contribution in [3.8, 4) is 29.6 Å². The Labute approximate surface area is 212 Å². The zero-order chi connectivity index (χ0) is 24.8. The molecule has 0 aliphatic carbocycles. The van der Waals surface area contributed by atoms with Crippen LogP contribution in [0.3, 0.4) is 0 Å². The molecule has 3 rings (SSSR count). The van der Waals surface area contributed by atoms with Crippen LogP contribution in [0.1, 0.15) is 36.5 Å². The Morgan fingerprint density at radius 3 is 2.62 bits per heavy atom. The number of halogens is 1. The van der Waals surface area contributed by atoms with E-state index in [4.69, 9.17) is 20.6 Å². The van der Waals surface area contributed by atoms with Crippen LogP contribution in [0.25, 0.3) is 6.08 Å². The van der Waals surface area contributed by atoms with Crippen molar-refractivity contribution < 1.29 is 23.8 Å². The SMILES string of the molecule is C#CCOc1c(/C=C2\SC(=O)N(CCOc3cc(C)ccc3C(C)C)C2=O)cc(Br)cc1OC. The molecule has 1 saturated heterocycles. The van der Waals surface area contributed by atoms with Crippen LogP contribution < -0.4 is 14.2 Å². The normalized spacial score (nSPS) is 14.6. The lowest BCUT2D eigenvalue weighted by Crippen LogP contribution is -2.32. The first-order chi connectivity index (χ1) is 16.2. The minimum Gasteiger partial charge on any atom is -0.493 e. The number of carbonyl (C=O) groups is 2. The third-order valence-corrected chi connectivity index (χ3v) is 6.46. The van der Waals surface area contributed by atoms with E-state index in [0.29, 0.717) is 23.0 Å². The molecule has 0 radical (unpaired) electrons. The van der Waals surface area contributed by atoms with Gasteiger partial charge < -0.3 is 14.2 Å². The van der Waals surface area contributed by atoms with Gasteiger partial charge in [0.05, 0.1) is 18.6 Å². The molecule has 2 aromatic rings. The summed E-state index contributed by atoms with van der Waals surface area (Å²) in [5.41, 5.74) is 2.74. The summed E-state index contributed by atoms with van der Waals surface area (Å²) < 4.78 is 17.7. The van der Waals surface area contributed by atoms with Gasteiger partial charge in [-0.15, -0.1) is 6.42 Å². The predicted molar refractivity (Wildman–Crippen MR) is 138 cm³/mol. The highest BCUT2D eigenvalue weighted by Gasteiger charge is 2.35. The number of hydrogen-bond donors (Lipinski definition) is 0. The van der Waals surface area contributed by atoms with Gasteiger partial charge in [-0.25, -0.2) is 0 Å².